The van der Waals surface area contributed by atoms with E-state index in [2.05, 4.69) is 0 Å². The van der Waals surface area contributed by atoms with Crippen LogP contribution in [0.4, 0.5) is 79.2 Å². The molecule has 1 nitrogen and oxygen atoms in total. The molecule has 0 N–H and O–H groups in total. The van der Waals surface area contributed by atoms with E-state index < -0.39 is 47.8 Å². The molecule has 0 saturated heterocycles. The quantitative estimate of drug-likeness (QED) is 0.460. The molecule has 0 fully saturated rings. The van der Waals surface area contributed by atoms with Crippen LogP contribution in [0.15, 0.2) is 0 Å². The molecule has 0 heterocycles. The summed E-state index contributed by atoms with van der Waals surface area (Å²) in [5.74, 6) is -26.5. The number of hydrogen-bond donors (Lipinski definition) is 0. The van der Waals surface area contributed by atoms with Crippen molar-refractivity contribution in [2.24, 2.45) is 5.41 Å². The summed E-state index contributed by atoms with van der Waals surface area (Å²) in [5.41, 5.74) is -9.09. The van der Waals surface area contributed by atoms with Gasteiger partial charge in [-0.2, -0.15) is 74.6 Å². The van der Waals surface area contributed by atoms with Crippen molar-refractivity contribution in [1.82, 2.24) is 0 Å². The Morgan fingerprint density at radius 3 is 0.852 bits per heavy atom. The fraction of sp³-hybridized carbons (Fsp3) is 1.00. The van der Waals surface area contributed by atoms with Crippen molar-refractivity contribution in [2.45, 2.75) is 42.4 Å². The minimum Gasteiger partial charge on any atom is -0.198 e. The highest BCUT2D eigenvalue weighted by Crippen LogP contribution is 2.72. The minimum atomic E-state index is -9.09. The van der Waals surface area contributed by atoms with Gasteiger partial charge in [-0.15, -0.1) is 4.94 Å². The maximum absolute atomic E-state index is 13.3. The van der Waals surface area contributed by atoms with Crippen molar-refractivity contribution in [3.05, 3.63) is 0 Å². The maximum Gasteiger partial charge on any atom is 0.459 e. The Morgan fingerprint density at radius 2 is 0.667 bits per heavy atom. The summed E-state index contributed by atoms with van der Waals surface area (Å²) in [6.07, 6.45) is -33.3. The molecule has 0 aliphatic heterocycles. The van der Waals surface area contributed by atoms with E-state index in [1.807, 2.05) is 0 Å². The van der Waals surface area contributed by atoms with E-state index >= 15 is 0 Å². The van der Waals surface area contributed by atoms with E-state index in [4.69, 9.17) is 0 Å². The van der Waals surface area contributed by atoms with Crippen LogP contribution in [-0.4, -0.2) is 42.4 Å². The molecule has 27 heavy (non-hydrogen) atoms. The predicted octanol–water partition coefficient (Wildman–Crippen LogP) is 6.06. The van der Waals surface area contributed by atoms with Crippen LogP contribution in [0.3, 0.4) is 0 Å². The molecule has 0 aromatic heterocycles. The molecule has 1 unspecified atom stereocenters. The summed E-state index contributed by atoms with van der Waals surface area (Å²) in [4.78, 5) is 0.691. The van der Waals surface area contributed by atoms with Gasteiger partial charge in [0.05, 0.1) is 0 Å². The first kappa shape index (κ1) is 25.7. The smallest absolute Gasteiger partial charge is 0.198 e. The fourth-order valence-corrected chi connectivity index (χ4v) is 1.77. The molecule has 1 atom stereocenters. The molecule has 0 radical (unpaired) electrons. The van der Waals surface area contributed by atoms with Crippen LogP contribution < -0.4 is 0 Å². The lowest BCUT2D eigenvalue weighted by Crippen LogP contribution is -2.79. The van der Waals surface area contributed by atoms with Gasteiger partial charge in [0.1, 0.15) is 0 Å². The Bertz CT molecular complexity index is 535. The van der Waals surface area contributed by atoms with Gasteiger partial charge in [0, 0.05) is 0 Å². The average molecular weight is 454 g/mol. The fourth-order valence-electron chi connectivity index (χ4n) is 1.77. The Balaban J connectivity index is 7.71. The lowest BCUT2D eigenvalue weighted by Gasteiger charge is -2.49. The molecule has 0 aromatic rings. The van der Waals surface area contributed by atoms with Gasteiger partial charge in [-0.05, 0) is 4.53 Å². The molecular weight excluding hydrogens is 454 g/mol. The van der Waals surface area contributed by atoms with Crippen LogP contribution in [0.2, 0.25) is 0 Å². The summed E-state index contributed by atoms with van der Waals surface area (Å²) in [7, 11) is 0. The summed E-state index contributed by atoms with van der Waals surface area (Å²) >= 11 is 0. The molecule has 0 bridgehead atoms. The van der Waals surface area contributed by atoms with Crippen LogP contribution >= 0.6 is 0 Å². The number of halogens is 18. The summed E-state index contributed by atoms with van der Waals surface area (Å²) in [5, 5.41) is 0. The lowest BCUT2D eigenvalue weighted by atomic mass is 9.69. The Labute approximate surface area is 133 Å². The highest BCUT2D eigenvalue weighted by Gasteiger charge is 3.02. The van der Waals surface area contributed by atoms with Gasteiger partial charge in [0.25, 0.3) is 5.41 Å². The number of rotatable bonds is 5. The van der Waals surface area contributed by atoms with E-state index in [0.29, 0.717) is 4.94 Å². The Hall–Kier alpha value is -1.30. The molecule has 164 valence electrons. The second-order valence-corrected chi connectivity index (χ2v) is 4.56. The molecule has 0 amide bonds. The average Bonchev–Trinajstić information content (AvgIpc) is 2.33. The molecule has 0 rings (SSSR count). The molecule has 0 spiro atoms. The third kappa shape index (κ3) is 3.04. The lowest BCUT2D eigenvalue weighted by molar-refractivity contribution is -0.555. The zero-order chi connectivity index (χ0) is 22.7. The van der Waals surface area contributed by atoms with E-state index in [1.165, 1.54) is 0 Å². The molecule has 0 aromatic carbocycles. The van der Waals surface area contributed by atoms with E-state index in [-0.39, 0.29) is 0 Å². The molecule has 0 saturated carbocycles. The van der Waals surface area contributed by atoms with E-state index in [9.17, 15) is 79.2 Å². The van der Waals surface area contributed by atoms with E-state index in [0.717, 1.165) is 0 Å². The largest absolute Gasteiger partial charge is 0.459 e. The van der Waals surface area contributed by atoms with Crippen molar-refractivity contribution in [2.75, 3.05) is 0 Å². The van der Waals surface area contributed by atoms with Crippen LogP contribution in [-0.2, 0) is 4.94 Å². The number of hydrogen-bond acceptors (Lipinski definition) is 1. The maximum atomic E-state index is 13.3. The van der Waals surface area contributed by atoms with E-state index in [1.54, 1.807) is 0 Å². The first-order chi connectivity index (χ1) is 11.3. The zero-order valence-electron chi connectivity index (χ0n) is 11.2. The van der Waals surface area contributed by atoms with Gasteiger partial charge in [0.2, 0.25) is 0 Å². The number of alkyl halides is 17. The molecule has 0 aliphatic rings. The first-order valence-corrected chi connectivity index (χ1v) is 5.32. The van der Waals surface area contributed by atoms with Gasteiger partial charge < -0.3 is 0 Å². The topological polar surface area (TPSA) is 9.23 Å². The summed E-state index contributed by atoms with van der Waals surface area (Å²) in [6, 6.07) is 0. The normalized spacial score (nSPS) is 18.4. The SMILES string of the molecule is FOC(F)(F)C(C(F)(F)F)(C(F)(F)C(F)(F)F)C(F)(F)C(F)(F)C(F)(F)F. The summed E-state index contributed by atoms with van der Waals surface area (Å²) < 4.78 is 226. The Kier molecular flexibility index (Phi) is 5.80. The Morgan fingerprint density at radius 1 is 0.370 bits per heavy atom. The monoisotopic (exact) mass is 454 g/mol. The van der Waals surface area contributed by atoms with Gasteiger partial charge in [-0.3, -0.25) is 0 Å². The molecular formula is C8F18O. The standard InChI is InChI=1S/C8F18O/c9-2(10,4(13,14)7(21,22)23)1(5(15,16)17,8(24,25)27-26)3(11,12)6(18,19)20. The molecule has 0 aliphatic carbocycles. The highest BCUT2D eigenvalue weighted by atomic mass is 19.4. The third-order valence-corrected chi connectivity index (χ3v) is 3.01. The van der Waals surface area contributed by atoms with Gasteiger partial charge in [0.15, 0.2) is 0 Å². The predicted molar refractivity (Wildman–Crippen MR) is 42.6 cm³/mol. The highest BCUT2D eigenvalue weighted by molar-refractivity contribution is 5.18. The van der Waals surface area contributed by atoms with Gasteiger partial charge >= 0.3 is 42.4 Å². The van der Waals surface area contributed by atoms with Crippen LogP contribution in [0.5, 0.6) is 0 Å². The zero-order valence-corrected chi connectivity index (χ0v) is 11.2. The van der Waals surface area contributed by atoms with Crippen molar-refractivity contribution in [3.8, 4) is 0 Å². The van der Waals surface area contributed by atoms with Crippen LogP contribution in [0, 0.1) is 5.41 Å². The minimum absolute atomic E-state index is 0.691. The third-order valence-electron chi connectivity index (χ3n) is 3.01. The van der Waals surface area contributed by atoms with Crippen LogP contribution in [0.1, 0.15) is 0 Å². The van der Waals surface area contributed by atoms with Crippen molar-refractivity contribution >= 4 is 0 Å². The summed E-state index contributed by atoms with van der Waals surface area (Å²) in [6.45, 7) is 0. The molecule has 19 heteroatoms. The van der Waals surface area contributed by atoms with Gasteiger partial charge in [-0.25, -0.2) is 0 Å². The van der Waals surface area contributed by atoms with Crippen LogP contribution in [0.25, 0.3) is 0 Å². The first-order valence-electron chi connectivity index (χ1n) is 5.32. The van der Waals surface area contributed by atoms with Crippen molar-refractivity contribution in [1.29, 1.82) is 0 Å². The van der Waals surface area contributed by atoms with Gasteiger partial charge in [-0.1, -0.05) is 0 Å². The second-order valence-electron chi connectivity index (χ2n) is 4.56. The van der Waals surface area contributed by atoms with Crippen molar-refractivity contribution < 1.29 is 84.1 Å². The second kappa shape index (κ2) is 6.10. The van der Waals surface area contributed by atoms with Crippen molar-refractivity contribution in [3.63, 3.8) is 0 Å².